The molecule has 0 radical (unpaired) electrons. The van der Waals surface area contributed by atoms with Crippen LogP contribution in [-0.4, -0.2) is 16.1 Å². The molecule has 14 heavy (non-hydrogen) atoms. The molecule has 0 aliphatic rings. The van der Waals surface area contributed by atoms with E-state index in [1.54, 1.807) is 0 Å². The molecule has 0 amide bonds. The molecule has 0 spiro atoms. The molecule has 0 bridgehead atoms. The maximum atomic E-state index is 5.17. The van der Waals surface area contributed by atoms with E-state index < -0.39 is 0 Å². The van der Waals surface area contributed by atoms with E-state index in [0.717, 1.165) is 25.2 Å². The van der Waals surface area contributed by atoms with Gasteiger partial charge in [0, 0.05) is 25.9 Å². The smallest absolute Gasteiger partial charge is 0.125 e. The van der Waals surface area contributed by atoms with Crippen LogP contribution in [-0.2, 0) is 7.05 Å². The summed E-state index contributed by atoms with van der Waals surface area (Å²) in [5.41, 5.74) is 0. The summed E-state index contributed by atoms with van der Waals surface area (Å²) in [5, 5.41) is 3.38. The summed E-state index contributed by atoms with van der Waals surface area (Å²) in [7, 11) is 2.00. The van der Waals surface area contributed by atoms with Crippen molar-refractivity contribution in [1.29, 1.82) is 0 Å². The second-order valence-corrected chi connectivity index (χ2v) is 3.38. The number of aryl methyl sites for hydroxylation is 1. The average Bonchev–Trinajstić information content (AvgIpc) is 2.59. The van der Waals surface area contributed by atoms with E-state index in [1.807, 2.05) is 24.0 Å². The van der Waals surface area contributed by atoms with Gasteiger partial charge in [-0.2, -0.15) is 0 Å². The van der Waals surface area contributed by atoms with Gasteiger partial charge in [0.2, 0.25) is 0 Å². The Labute approximate surface area is 85.5 Å². The Kier molecular flexibility index (Phi) is 4.21. The van der Waals surface area contributed by atoms with Crippen molar-refractivity contribution in [3.8, 4) is 12.3 Å². The molecule has 0 aliphatic carbocycles. The molecule has 0 saturated heterocycles. The summed E-state index contributed by atoms with van der Waals surface area (Å²) in [5.74, 6) is 3.69. The molecule has 0 aliphatic heterocycles. The lowest BCUT2D eigenvalue weighted by Gasteiger charge is -2.12. The fraction of sp³-hybridized carbons (Fsp3) is 0.545. The predicted molar refractivity (Wildman–Crippen MR) is 57.7 cm³/mol. The molecule has 76 valence electrons. The highest BCUT2D eigenvalue weighted by atomic mass is 15.1. The third-order valence-corrected chi connectivity index (χ3v) is 2.19. The second kappa shape index (κ2) is 5.46. The molecule has 0 fully saturated rings. The van der Waals surface area contributed by atoms with Crippen LogP contribution in [0, 0.1) is 12.3 Å². The van der Waals surface area contributed by atoms with Gasteiger partial charge in [-0.1, -0.05) is 0 Å². The SMILES string of the molecule is C#CCCCNC(C)c1nccn1C. The molecular weight excluding hydrogens is 174 g/mol. The van der Waals surface area contributed by atoms with E-state index in [4.69, 9.17) is 6.42 Å². The Morgan fingerprint density at radius 2 is 2.50 bits per heavy atom. The number of hydrogen-bond donors (Lipinski definition) is 1. The Balaban J connectivity index is 2.33. The largest absolute Gasteiger partial charge is 0.337 e. The summed E-state index contributed by atoms with van der Waals surface area (Å²) in [4.78, 5) is 4.27. The van der Waals surface area contributed by atoms with Gasteiger partial charge in [0.25, 0.3) is 0 Å². The highest BCUT2D eigenvalue weighted by Crippen LogP contribution is 2.07. The molecular formula is C11H17N3. The van der Waals surface area contributed by atoms with E-state index >= 15 is 0 Å². The highest BCUT2D eigenvalue weighted by molar-refractivity contribution is 4.96. The second-order valence-electron chi connectivity index (χ2n) is 3.38. The van der Waals surface area contributed by atoms with Crippen LogP contribution < -0.4 is 5.32 Å². The van der Waals surface area contributed by atoms with Crippen LogP contribution in [0.4, 0.5) is 0 Å². The minimum absolute atomic E-state index is 0.285. The molecule has 0 saturated carbocycles. The molecule has 1 aromatic rings. The maximum absolute atomic E-state index is 5.17. The van der Waals surface area contributed by atoms with Gasteiger partial charge in [-0.15, -0.1) is 12.3 Å². The molecule has 1 unspecified atom stereocenters. The van der Waals surface area contributed by atoms with Gasteiger partial charge in [-0.05, 0) is 19.9 Å². The quantitative estimate of drug-likeness (QED) is 0.564. The first-order chi connectivity index (χ1) is 6.75. The fourth-order valence-electron chi connectivity index (χ4n) is 1.39. The summed E-state index contributed by atoms with van der Waals surface area (Å²) in [6, 6.07) is 0.285. The Morgan fingerprint density at radius 3 is 3.07 bits per heavy atom. The van der Waals surface area contributed by atoms with E-state index in [1.165, 1.54) is 0 Å². The minimum atomic E-state index is 0.285. The van der Waals surface area contributed by atoms with Crippen LogP contribution in [0.1, 0.15) is 31.6 Å². The van der Waals surface area contributed by atoms with Crippen LogP contribution in [0.3, 0.4) is 0 Å². The zero-order valence-electron chi connectivity index (χ0n) is 8.83. The lowest BCUT2D eigenvalue weighted by atomic mass is 10.2. The normalized spacial score (nSPS) is 12.4. The Bertz CT molecular complexity index is 309. The number of rotatable bonds is 5. The number of nitrogens with zero attached hydrogens (tertiary/aromatic N) is 2. The van der Waals surface area contributed by atoms with Gasteiger partial charge < -0.3 is 9.88 Å². The highest BCUT2D eigenvalue weighted by Gasteiger charge is 2.07. The monoisotopic (exact) mass is 191 g/mol. The molecule has 1 aromatic heterocycles. The molecule has 3 nitrogen and oxygen atoms in total. The molecule has 1 N–H and O–H groups in total. The lowest BCUT2D eigenvalue weighted by molar-refractivity contribution is 0.523. The van der Waals surface area contributed by atoms with Crippen molar-refractivity contribution in [3.05, 3.63) is 18.2 Å². The van der Waals surface area contributed by atoms with Crippen molar-refractivity contribution in [3.63, 3.8) is 0 Å². The number of unbranched alkanes of at least 4 members (excludes halogenated alkanes) is 1. The summed E-state index contributed by atoms with van der Waals surface area (Å²) >= 11 is 0. The summed E-state index contributed by atoms with van der Waals surface area (Å²) in [6.07, 6.45) is 10.8. The average molecular weight is 191 g/mol. The summed E-state index contributed by atoms with van der Waals surface area (Å²) in [6.45, 7) is 3.05. The first-order valence-corrected chi connectivity index (χ1v) is 4.89. The van der Waals surface area contributed by atoms with Crippen LogP contribution in [0.25, 0.3) is 0 Å². The maximum Gasteiger partial charge on any atom is 0.125 e. The van der Waals surface area contributed by atoms with E-state index in [2.05, 4.69) is 23.1 Å². The van der Waals surface area contributed by atoms with Crippen LogP contribution >= 0.6 is 0 Å². The number of imidazole rings is 1. The zero-order valence-corrected chi connectivity index (χ0v) is 8.83. The summed E-state index contributed by atoms with van der Waals surface area (Å²) < 4.78 is 2.03. The zero-order chi connectivity index (χ0) is 10.4. The first kappa shape index (κ1) is 10.8. The molecule has 1 heterocycles. The molecule has 0 aromatic carbocycles. The van der Waals surface area contributed by atoms with Crippen LogP contribution in [0.15, 0.2) is 12.4 Å². The molecule has 3 heteroatoms. The van der Waals surface area contributed by atoms with Crippen molar-refractivity contribution in [2.75, 3.05) is 6.54 Å². The molecule has 1 rings (SSSR count). The topological polar surface area (TPSA) is 29.9 Å². The van der Waals surface area contributed by atoms with E-state index in [-0.39, 0.29) is 6.04 Å². The van der Waals surface area contributed by atoms with Gasteiger partial charge in [0.15, 0.2) is 0 Å². The first-order valence-electron chi connectivity index (χ1n) is 4.89. The van der Waals surface area contributed by atoms with Crippen LogP contribution in [0.5, 0.6) is 0 Å². The van der Waals surface area contributed by atoms with Crippen molar-refractivity contribution in [2.45, 2.75) is 25.8 Å². The third kappa shape index (κ3) is 2.90. The number of nitrogens with one attached hydrogen (secondary N) is 1. The minimum Gasteiger partial charge on any atom is -0.337 e. The lowest BCUT2D eigenvalue weighted by Crippen LogP contribution is -2.22. The molecule has 1 atom stereocenters. The standard InChI is InChI=1S/C11H17N3/c1-4-5-6-7-12-10(2)11-13-8-9-14(11)3/h1,8-10,12H,5-7H2,2-3H3. The van der Waals surface area contributed by atoms with Crippen molar-refractivity contribution in [1.82, 2.24) is 14.9 Å². The van der Waals surface area contributed by atoms with Crippen molar-refractivity contribution < 1.29 is 0 Å². The fourth-order valence-corrected chi connectivity index (χ4v) is 1.39. The predicted octanol–water partition coefficient (Wildman–Crippen LogP) is 1.48. The van der Waals surface area contributed by atoms with Crippen LogP contribution in [0.2, 0.25) is 0 Å². The van der Waals surface area contributed by atoms with Gasteiger partial charge in [-0.25, -0.2) is 4.98 Å². The van der Waals surface area contributed by atoms with Crippen molar-refractivity contribution in [2.24, 2.45) is 7.05 Å². The van der Waals surface area contributed by atoms with E-state index in [9.17, 15) is 0 Å². The van der Waals surface area contributed by atoms with E-state index in [0.29, 0.717) is 0 Å². The van der Waals surface area contributed by atoms with Gasteiger partial charge in [-0.3, -0.25) is 0 Å². The van der Waals surface area contributed by atoms with Crippen molar-refractivity contribution >= 4 is 0 Å². The number of aromatic nitrogens is 2. The third-order valence-electron chi connectivity index (χ3n) is 2.19. The number of terminal acetylenes is 1. The Hall–Kier alpha value is -1.27. The Morgan fingerprint density at radius 1 is 1.71 bits per heavy atom. The van der Waals surface area contributed by atoms with Gasteiger partial charge in [0.05, 0.1) is 6.04 Å². The number of hydrogen-bond acceptors (Lipinski definition) is 2. The van der Waals surface area contributed by atoms with Gasteiger partial charge in [0.1, 0.15) is 5.82 Å². The van der Waals surface area contributed by atoms with Gasteiger partial charge >= 0.3 is 0 Å².